The van der Waals surface area contributed by atoms with E-state index in [0.29, 0.717) is 11.6 Å². The summed E-state index contributed by atoms with van der Waals surface area (Å²) < 4.78 is 0. The van der Waals surface area contributed by atoms with E-state index in [-0.39, 0.29) is 11.8 Å². The van der Waals surface area contributed by atoms with Crippen molar-refractivity contribution in [2.24, 2.45) is 0 Å². The third-order valence-electron chi connectivity index (χ3n) is 3.10. The van der Waals surface area contributed by atoms with E-state index in [1.165, 1.54) is 0 Å². The summed E-state index contributed by atoms with van der Waals surface area (Å²) in [6.45, 7) is 3.82. The summed E-state index contributed by atoms with van der Waals surface area (Å²) in [5, 5.41) is 3.28. The highest BCUT2D eigenvalue weighted by Crippen LogP contribution is 2.17. The van der Waals surface area contributed by atoms with Gasteiger partial charge in [0.25, 0.3) is 0 Å². The highest BCUT2D eigenvalue weighted by molar-refractivity contribution is 6.30. The molecule has 2 rings (SSSR count). The van der Waals surface area contributed by atoms with Crippen molar-refractivity contribution < 1.29 is 9.59 Å². The Balaban J connectivity index is 2.20. The molecule has 1 aliphatic heterocycles. The van der Waals surface area contributed by atoms with Gasteiger partial charge in [-0.15, -0.1) is 0 Å². The molecule has 1 N–H and O–H groups in total. The molecule has 2 atom stereocenters. The minimum atomic E-state index is -0.465. The summed E-state index contributed by atoms with van der Waals surface area (Å²) in [4.78, 5) is 25.3. The molecule has 0 radical (unpaired) electrons. The smallest absolute Gasteiger partial charge is 0.245 e. The van der Waals surface area contributed by atoms with Crippen LogP contribution in [-0.4, -0.2) is 28.8 Å². The highest BCUT2D eigenvalue weighted by Gasteiger charge is 2.35. The molecular weight excluding hydrogens is 252 g/mol. The summed E-state index contributed by atoms with van der Waals surface area (Å²) >= 11 is 5.91. The predicted octanol–water partition coefficient (Wildman–Crippen LogP) is 1.58. The van der Waals surface area contributed by atoms with Crippen molar-refractivity contribution in [2.45, 2.75) is 32.5 Å². The van der Waals surface area contributed by atoms with Crippen molar-refractivity contribution in [1.82, 2.24) is 10.2 Å². The second-order valence-corrected chi connectivity index (χ2v) is 4.94. The fourth-order valence-corrected chi connectivity index (χ4v) is 2.24. The molecule has 4 nitrogen and oxygen atoms in total. The molecule has 1 heterocycles. The molecule has 0 spiro atoms. The molecule has 1 aromatic carbocycles. The summed E-state index contributed by atoms with van der Waals surface area (Å²) in [6, 6.07) is 6.39. The molecule has 1 saturated heterocycles. The number of nitrogens with one attached hydrogen (secondary N) is 1. The Hall–Kier alpha value is -1.55. The number of amides is 2. The predicted molar refractivity (Wildman–Crippen MR) is 69.1 cm³/mol. The van der Waals surface area contributed by atoms with E-state index in [2.05, 4.69) is 5.32 Å². The lowest BCUT2D eigenvalue weighted by Gasteiger charge is -2.36. The monoisotopic (exact) mass is 266 g/mol. The fourth-order valence-electron chi connectivity index (χ4n) is 2.02. The van der Waals surface area contributed by atoms with E-state index in [4.69, 9.17) is 11.6 Å². The van der Waals surface area contributed by atoms with Crippen LogP contribution in [0.2, 0.25) is 5.02 Å². The molecule has 1 fully saturated rings. The van der Waals surface area contributed by atoms with Crippen LogP contribution in [0.3, 0.4) is 0 Å². The number of nitrogens with zero attached hydrogens (tertiary/aromatic N) is 1. The first-order valence-corrected chi connectivity index (χ1v) is 6.22. The summed E-state index contributed by atoms with van der Waals surface area (Å²) in [5.41, 5.74) is 0.921. The largest absolute Gasteiger partial charge is 0.343 e. The summed E-state index contributed by atoms with van der Waals surface area (Å²) in [7, 11) is 0. The zero-order valence-corrected chi connectivity index (χ0v) is 11.1. The molecule has 1 aromatic rings. The lowest BCUT2D eigenvalue weighted by atomic mass is 10.1. The van der Waals surface area contributed by atoms with E-state index in [1.54, 1.807) is 30.9 Å². The van der Waals surface area contributed by atoms with Crippen molar-refractivity contribution in [3.05, 3.63) is 34.9 Å². The van der Waals surface area contributed by atoms with E-state index >= 15 is 0 Å². The molecule has 0 bridgehead atoms. The van der Waals surface area contributed by atoms with Gasteiger partial charge in [-0.1, -0.05) is 23.7 Å². The molecule has 5 heteroatoms. The minimum absolute atomic E-state index is 0.0675. The SMILES string of the molecule is CC1NC(=O)C(C)N(Cc2cccc(Cl)c2)C1=O. The molecule has 18 heavy (non-hydrogen) atoms. The summed E-state index contributed by atoms with van der Waals surface area (Å²) in [5.74, 6) is -0.189. The van der Waals surface area contributed by atoms with Crippen molar-refractivity contribution in [3.8, 4) is 0 Å². The zero-order chi connectivity index (χ0) is 13.3. The second kappa shape index (κ2) is 4.98. The first-order valence-electron chi connectivity index (χ1n) is 5.84. The maximum Gasteiger partial charge on any atom is 0.245 e. The molecule has 0 aromatic heterocycles. The van der Waals surface area contributed by atoms with Gasteiger partial charge in [-0.05, 0) is 31.5 Å². The van der Waals surface area contributed by atoms with Gasteiger partial charge in [0.2, 0.25) is 11.8 Å². The van der Waals surface area contributed by atoms with Crippen molar-refractivity contribution in [3.63, 3.8) is 0 Å². The number of rotatable bonds is 2. The Morgan fingerprint density at radius 1 is 1.33 bits per heavy atom. The lowest BCUT2D eigenvalue weighted by molar-refractivity contribution is -0.148. The maximum absolute atomic E-state index is 12.0. The van der Waals surface area contributed by atoms with Gasteiger partial charge in [-0.3, -0.25) is 9.59 Å². The minimum Gasteiger partial charge on any atom is -0.343 e. The van der Waals surface area contributed by atoms with Gasteiger partial charge in [-0.2, -0.15) is 0 Å². The van der Waals surface area contributed by atoms with Crippen LogP contribution in [0.15, 0.2) is 24.3 Å². The first-order chi connectivity index (χ1) is 8.49. The van der Waals surface area contributed by atoms with E-state index in [0.717, 1.165) is 5.56 Å². The number of carbonyl (C=O) groups is 2. The fraction of sp³-hybridized carbons (Fsp3) is 0.385. The number of benzene rings is 1. The van der Waals surface area contributed by atoms with Gasteiger partial charge in [0.05, 0.1) is 0 Å². The van der Waals surface area contributed by atoms with Crippen molar-refractivity contribution in [1.29, 1.82) is 0 Å². The van der Waals surface area contributed by atoms with Gasteiger partial charge >= 0.3 is 0 Å². The van der Waals surface area contributed by atoms with Crippen LogP contribution >= 0.6 is 11.6 Å². The molecular formula is C13H15ClN2O2. The molecule has 2 unspecified atom stereocenters. The molecule has 96 valence electrons. The van der Waals surface area contributed by atoms with Crippen LogP contribution in [0.25, 0.3) is 0 Å². The topological polar surface area (TPSA) is 49.4 Å². The van der Waals surface area contributed by atoms with Gasteiger partial charge < -0.3 is 10.2 Å². The Morgan fingerprint density at radius 2 is 2.06 bits per heavy atom. The molecule has 0 saturated carbocycles. The van der Waals surface area contributed by atoms with Gasteiger partial charge in [0, 0.05) is 11.6 Å². The zero-order valence-electron chi connectivity index (χ0n) is 10.3. The van der Waals surface area contributed by atoms with E-state index < -0.39 is 12.1 Å². The summed E-state index contributed by atoms with van der Waals surface area (Å²) in [6.07, 6.45) is 0. The average Bonchev–Trinajstić information content (AvgIpc) is 2.32. The van der Waals surface area contributed by atoms with Crippen LogP contribution in [0.5, 0.6) is 0 Å². The Morgan fingerprint density at radius 3 is 2.72 bits per heavy atom. The van der Waals surface area contributed by atoms with E-state index in [1.807, 2.05) is 12.1 Å². The standard InChI is InChI=1S/C13H15ClN2O2/c1-8-13(18)16(9(2)12(17)15-8)7-10-4-3-5-11(14)6-10/h3-6,8-9H,7H2,1-2H3,(H,15,17). The number of carbonyl (C=O) groups excluding carboxylic acids is 2. The lowest BCUT2D eigenvalue weighted by Crippen LogP contribution is -2.60. The van der Waals surface area contributed by atoms with E-state index in [9.17, 15) is 9.59 Å². The van der Waals surface area contributed by atoms with Gasteiger partial charge in [0.1, 0.15) is 12.1 Å². The number of halogens is 1. The van der Waals surface area contributed by atoms with Crippen LogP contribution in [0, 0.1) is 0 Å². The number of hydrogen-bond acceptors (Lipinski definition) is 2. The van der Waals surface area contributed by atoms with Gasteiger partial charge in [-0.25, -0.2) is 0 Å². The van der Waals surface area contributed by atoms with Crippen LogP contribution < -0.4 is 5.32 Å². The van der Waals surface area contributed by atoms with Crippen LogP contribution in [-0.2, 0) is 16.1 Å². The molecule has 0 aliphatic carbocycles. The maximum atomic E-state index is 12.0. The Labute approximate surface area is 111 Å². The molecule has 2 amide bonds. The van der Waals surface area contributed by atoms with Crippen LogP contribution in [0.1, 0.15) is 19.4 Å². The second-order valence-electron chi connectivity index (χ2n) is 4.50. The third kappa shape index (κ3) is 2.48. The van der Waals surface area contributed by atoms with Crippen molar-refractivity contribution >= 4 is 23.4 Å². The quantitative estimate of drug-likeness (QED) is 0.884. The first kappa shape index (κ1) is 12.9. The van der Waals surface area contributed by atoms with Crippen LogP contribution in [0.4, 0.5) is 0 Å². The molecule has 1 aliphatic rings. The Bertz CT molecular complexity index is 490. The van der Waals surface area contributed by atoms with Gasteiger partial charge in [0.15, 0.2) is 0 Å². The highest BCUT2D eigenvalue weighted by atomic mass is 35.5. The van der Waals surface area contributed by atoms with Crippen molar-refractivity contribution in [2.75, 3.05) is 0 Å². The number of piperazine rings is 1. The normalized spacial score (nSPS) is 24.1. The Kier molecular flexibility index (Phi) is 3.57. The average molecular weight is 267 g/mol. The third-order valence-corrected chi connectivity index (χ3v) is 3.34. The number of hydrogen-bond donors (Lipinski definition) is 1.